The molecule has 2 heterocycles. The van der Waals surface area contributed by atoms with Crippen LogP contribution in [0.5, 0.6) is 0 Å². The van der Waals surface area contributed by atoms with Crippen LogP contribution in [0.1, 0.15) is 49.8 Å². The van der Waals surface area contributed by atoms with Gasteiger partial charge in [-0.15, -0.1) is 10.2 Å². The van der Waals surface area contributed by atoms with Crippen LogP contribution in [0, 0.1) is 0 Å². The van der Waals surface area contributed by atoms with Gasteiger partial charge in [-0.1, -0.05) is 25.2 Å². The maximum Gasteiger partial charge on any atom is 0.226 e. The van der Waals surface area contributed by atoms with Crippen LogP contribution in [-0.4, -0.2) is 16.1 Å². The van der Waals surface area contributed by atoms with Gasteiger partial charge in [0.1, 0.15) is 10.8 Å². The molecule has 0 aromatic carbocycles. The molecule has 0 aliphatic carbocycles. The molecule has 0 radical (unpaired) electrons. The van der Waals surface area contributed by atoms with Crippen LogP contribution in [0.25, 0.3) is 0 Å². The Hall–Kier alpha value is -1.69. The summed E-state index contributed by atoms with van der Waals surface area (Å²) in [6.45, 7) is 4.27. The van der Waals surface area contributed by atoms with E-state index in [2.05, 4.69) is 29.4 Å². The largest absolute Gasteiger partial charge is 0.469 e. The highest BCUT2D eigenvalue weighted by Crippen LogP contribution is 2.28. The number of aromatic nitrogens is 2. The summed E-state index contributed by atoms with van der Waals surface area (Å²) in [6, 6.07) is 3.68. The Kier molecular flexibility index (Phi) is 5.29. The summed E-state index contributed by atoms with van der Waals surface area (Å²) >= 11 is 1.46. The van der Waals surface area contributed by atoms with Crippen LogP contribution in [0.15, 0.2) is 22.8 Å². The number of furan rings is 1. The number of carbonyl (C=O) groups excluding carboxylic acids is 1. The molecule has 2 aromatic heterocycles. The summed E-state index contributed by atoms with van der Waals surface area (Å²) in [5.74, 6) is 1.19. The summed E-state index contributed by atoms with van der Waals surface area (Å²) in [7, 11) is 0. The Bertz CT molecular complexity index is 532. The molecular formula is C14H19N3O2S. The number of rotatable bonds is 7. The van der Waals surface area contributed by atoms with Crippen molar-refractivity contribution in [3.05, 3.63) is 29.2 Å². The fourth-order valence-corrected chi connectivity index (χ4v) is 2.99. The summed E-state index contributed by atoms with van der Waals surface area (Å²) < 4.78 is 5.19. The van der Waals surface area contributed by atoms with Crippen LogP contribution >= 0.6 is 11.3 Å². The smallest absolute Gasteiger partial charge is 0.226 e. The lowest BCUT2D eigenvalue weighted by Gasteiger charge is -2.05. The van der Waals surface area contributed by atoms with Gasteiger partial charge in [-0.25, -0.2) is 0 Å². The number of hydrogen-bond acceptors (Lipinski definition) is 5. The molecule has 0 saturated carbocycles. The lowest BCUT2D eigenvalue weighted by Crippen LogP contribution is -2.11. The monoisotopic (exact) mass is 293 g/mol. The minimum absolute atomic E-state index is 0.0614. The van der Waals surface area contributed by atoms with Crippen molar-refractivity contribution in [1.29, 1.82) is 0 Å². The molecule has 5 nitrogen and oxygen atoms in total. The van der Waals surface area contributed by atoms with E-state index >= 15 is 0 Å². The van der Waals surface area contributed by atoms with E-state index in [1.165, 1.54) is 11.3 Å². The minimum Gasteiger partial charge on any atom is -0.469 e. The van der Waals surface area contributed by atoms with Crippen molar-refractivity contribution < 1.29 is 9.21 Å². The van der Waals surface area contributed by atoms with Gasteiger partial charge in [-0.2, -0.15) is 0 Å². The first kappa shape index (κ1) is 14.7. The topological polar surface area (TPSA) is 68.0 Å². The molecule has 1 N–H and O–H groups in total. The van der Waals surface area contributed by atoms with Gasteiger partial charge in [0.25, 0.3) is 0 Å². The molecule has 1 amide bonds. The summed E-state index contributed by atoms with van der Waals surface area (Å²) in [4.78, 5) is 11.8. The first-order chi connectivity index (χ1) is 9.72. The third-order valence-corrected chi connectivity index (χ3v) is 4.20. The quantitative estimate of drug-likeness (QED) is 0.846. The molecule has 0 aliphatic rings. The SMILES string of the molecule is CCC(CC)c1nnc(NC(=O)CCc2ccco2)s1. The van der Waals surface area contributed by atoms with E-state index in [1.54, 1.807) is 6.26 Å². The van der Waals surface area contributed by atoms with E-state index in [1.807, 2.05) is 12.1 Å². The zero-order valence-electron chi connectivity index (χ0n) is 11.8. The van der Waals surface area contributed by atoms with Crippen molar-refractivity contribution in [3.63, 3.8) is 0 Å². The molecule has 20 heavy (non-hydrogen) atoms. The Labute approximate surface area is 122 Å². The average molecular weight is 293 g/mol. The zero-order valence-corrected chi connectivity index (χ0v) is 12.6. The second-order valence-electron chi connectivity index (χ2n) is 4.59. The van der Waals surface area contributed by atoms with Gasteiger partial charge in [-0.3, -0.25) is 4.79 Å². The van der Waals surface area contributed by atoms with E-state index in [4.69, 9.17) is 4.42 Å². The Morgan fingerprint density at radius 3 is 2.85 bits per heavy atom. The number of nitrogens with zero attached hydrogens (tertiary/aromatic N) is 2. The van der Waals surface area contributed by atoms with E-state index in [0.717, 1.165) is 23.6 Å². The molecule has 0 spiro atoms. The van der Waals surface area contributed by atoms with Gasteiger partial charge >= 0.3 is 0 Å². The number of hydrogen-bond donors (Lipinski definition) is 1. The number of aryl methyl sites for hydroxylation is 1. The first-order valence-corrected chi connectivity index (χ1v) is 7.70. The molecule has 6 heteroatoms. The van der Waals surface area contributed by atoms with Gasteiger partial charge in [-0.05, 0) is 25.0 Å². The lowest BCUT2D eigenvalue weighted by atomic mass is 10.1. The number of anilines is 1. The van der Waals surface area contributed by atoms with Crippen molar-refractivity contribution >= 4 is 22.4 Å². The molecule has 0 unspecified atom stereocenters. The van der Waals surface area contributed by atoms with Gasteiger partial charge < -0.3 is 9.73 Å². The van der Waals surface area contributed by atoms with Crippen molar-refractivity contribution in [1.82, 2.24) is 10.2 Å². The third kappa shape index (κ3) is 3.90. The van der Waals surface area contributed by atoms with E-state index < -0.39 is 0 Å². The standard InChI is InChI=1S/C14H19N3O2S/c1-3-10(4-2)13-16-17-14(20-13)15-12(18)8-7-11-6-5-9-19-11/h5-6,9-10H,3-4,7-8H2,1-2H3,(H,15,17,18). The van der Waals surface area contributed by atoms with Crippen LogP contribution in [0.4, 0.5) is 5.13 Å². The summed E-state index contributed by atoms with van der Waals surface area (Å²) in [5, 5.41) is 12.6. The second-order valence-corrected chi connectivity index (χ2v) is 5.60. The number of carbonyl (C=O) groups is 1. The zero-order chi connectivity index (χ0) is 14.4. The van der Waals surface area contributed by atoms with Gasteiger partial charge in [0, 0.05) is 18.8 Å². The van der Waals surface area contributed by atoms with Crippen LogP contribution in [-0.2, 0) is 11.2 Å². The maximum atomic E-state index is 11.8. The predicted octanol–water partition coefficient (Wildman–Crippen LogP) is 3.61. The molecular weight excluding hydrogens is 274 g/mol. The first-order valence-electron chi connectivity index (χ1n) is 6.88. The van der Waals surface area contributed by atoms with Crippen molar-refractivity contribution in [2.45, 2.75) is 45.4 Å². The van der Waals surface area contributed by atoms with Gasteiger partial charge in [0.2, 0.25) is 11.0 Å². The minimum atomic E-state index is -0.0614. The van der Waals surface area contributed by atoms with Crippen LogP contribution in [0.2, 0.25) is 0 Å². The molecule has 0 bridgehead atoms. The lowest BCUT2D eigenvalue weighted by molar-refractivity contribution is -0.116. The molecule has 0 fully saturated rings. The molecule has 2 aromatic rings. The molecule has 0 atom stereocenters. The molecule has 2 rings (SSSR count). The van der Waals surface area contributed by atoms with Gasteiger partial charge in [0.05, 0.1) is 6.26 Å². The van der Waals surface area contributed by atoms with Crippen molar-refractivity contribution in [2.75, 3.05) is 5.32 Å². The summed E-state index contributed by atoms with van der Waals surface area (Å²) in [6.07, 6.45) is 4.67. The predicted molar refractivity (Wildman–Crippen MR) is 78.9 cm³/mol. The highest BCUT2D eigenvalue weighted by molar-refractivity contribution is 7.15. The fraction of sp³-hybridized carbons (Fsp3) is 0.500. The van der Waals surface area contributed by atoms with Crippen LogP contribution in [0.3, 0.4) is 0 Å². The summed E-state index contributed by atoms with van der Waals surface area (Å²) in [5.41, 5.74) is 0. The van der Waals surface area contributed by atoms with E-state index in [0.29, 0.717) is 23.9 Å². The van der Waals surface area contributed by atoms with Crippen molar-refractivity contribution in [3.8, 4) is 0 Å². The Morgan fingerprint density at radius 1 is 1.40 bits per heavy atom. The Morgan fingerprint density at radius 2 is 2.20 bits per heavy atom. The maximum absolute atomic E-state index is 11.8. The van der Waals surface area contributed by atoms with E-state index in [9.17, 15) is 4.79 Å². The van der Waals surface area contributed by atoms with Gasteiger partial charge in [0.15, 0.2) is 0 Å². The second kappa shape index (κ2) is 7.19. The number of amides is 1. The number of nitrogens with one attached hydrogen (secondary N) is 1. The highest BCUT2D eigenvalue weighted by atomic mass is 32.1. The molecule has 0 saturated heterocycles. The van der Waals surface area contributed by atoms with Crippen molar-refractivity contribution in [2.24, 2.45) is 0 Å². The highest BCUT2D eigenvalue weighted by Gasteiger charge is 2.14. The van der Waals surface area contributed by atoms with Crippen LogP contribution < -0.4 is 5.32 Å². The average Bonchev–Trinajstić information content (AvgIpc) is 3.10. The third-order valence-electron chi connectivity index (χ3n) is 3.20. The molecule has 108 valence electrons. The van der Waals surface area contributed by atoms with E-state index in [-0.39, 0.29) is 5.91 Å². The molecule has 0 aliphatic heterocycles. The normalized spacial score (nSPS) is 10.9. The fourth-order valence-electron chi connectivity index (χ4n) is 1.96. The Balaban J connectivity index is 1.85.